The number of rotatable bonds is 6. The number of halogens is 3. The Morgan fingerprint density at radius 3 is 2.42 bits per heavy atom. The quantitative estimate of drug-likeness (QED) is 0.559. The van der Waals surface area contributed by atoms with Crippen molar-refractivity contribution in [3.63, 3.8) is 0 Å². The number of aromatic nitrogens is 4. The molecule has 9 nitrogen and oxygen atoms in total. The van der Waals surface area contributed by atoms with Gasteiger partial charge < -0.3 is 5.32 Å². The fourth-order valence-electron chi connectivity index (χ4n) is 3.14. The lowest BCUT2D eigenvalue weighted by Crippen LogP contribution is -2.40. The Kier molecular flexibility index (Phi) is 6.45. The van der Waals surface area contributed by atoms with Gasteiger partial charge >= 0.3 is 6.18 Å². The van der Waals surface area contributed by atoms with Crippen LogP contribution in [0.15, 0.2) is 47.5 Å². The highest BCUT2D eigenvalue weighted by molar-refractivity contribution is 7.91. The van der Waals surface area contributed by atoms with Crippen molar-refractivity contribution in [2.75, 3.05) is 12.0 Å². The largest absolute Gasteiger partial charge is 0.416 e. The zero-order chi connectivity index (χ0) is 24.6. The third-order valence-electron chi connectivity index (χ3n) is 4.55. The van der Waals surface area contributed by atoms with Gasteiger partial charge in [-0.15, -0.1) is 0 Å². The maximum atomic E-state index is 13.0. The summed E-state index contributed by atoms with van der Waals surface area (Å²) in [7, 11) is -1.27. The molecule has 2 unspecified atom stereocenters. The lowest BCUT2D eigenvalue weighted by molar-refractivity contribution is -0.137. The molecule has 0 saturated heterocycles. The molecule has 13 heteroatoms. The summed E-state index contributed by atoms with van der Waals surface area (Å²) in [6, 6.07) is 4.67. The van der Waals surface area contributed by atoms with Crippen molar-refractivity contribution < 1.29 is 22.2 Å². The topological polar surface area (TPSA) is 123 Å². The lowest BCUT2D eigenvalue weighted by Gasteiger charge is -2.15. The van der Waals surface area contributed by atoms with E-state index in [2.05, 4.69) is 15.5 Å². The number of nitrogens with one attached hydrogen (secondary N) is 2. The monoisotopic (exact) mass is 482 g/mol. The van der Waals surface area contributed by atoms with Crippen molar-refractivity contribution in [2.24, 2.45) is 7.05 Å². The smallest absolute Gasteiger partial charge is 0.348 e. The van der Waals surface area contributed by atoms with E-state index in [9.17, 15) is 27.0 Å². The van der Waals surface area contributed by atoms with Crippen LogP contribution in [0.2, 0.25) is 0 Å². The molecule has 2 heterocycles. The summed E-state index contributed by atoms with van der Waals surface area (Å²) < 4.78 is 60.3. The predicted octanol–water partition coefficient (Wildman–Crippen LogP) is 2.45. The van der Waals surface area contributed by atoms with Crippen LogP contribution in [0.25, 0.3) is 16.9 Å². The zero-order valence-electron chi connectivity index (χ0n) is 17.9. The van der Waals surface area contributed by atoms with Crippen molar-refractivity contribution in [1.82, 2.24) is 24.9 Å². The van der Waals surface area contributed by atoms with Gasteiger partial charge in [0, 0.05) is 34.6 Å². The standard InChI is InChI=1S/C20H21F3N6O3S/c1-12(11-33(3,24)32)26-18(30)16-8-17(13-4-6-14(7-5-13)20(21,22)23)27-29(19(16)31)15-9-25-28(2)10-15/h4-10,12,24H,11H2,1-3H3,(H,26,30). The summed E-state index contributed by atoms with van der Waals surface area (Å²) in [6.45, 7) is 1.55. The van der Waals surface area contributed by atoms with E-state index in [1.807, 2.05) is 0 Å². The van der Waals surface area contributed by atoms with Gasteiger partial charge in [0.05, 0.1) is 29.4 Å². The first-order valence-electron chi connectivity index (χ1n) is 9.58. The molecule has 0 saturated carbocycles. The van der Waals surface area contributed by atoms with Crippen LogP contribution in [0.3, 0.4) is 0 Å². The molecule has 0 aliphatic rings. The van der Waals surface area contributed by atoms with Crippen molar-refractivity contribution in [1.29, 1.82) is 4.78 Å². The normalized spacial score (nSPS) is 14.5. The molecule has 0 aliphatic carbocycles. The molecule has 0 aliphatic heterocycles. The van der Waals surface area contributed by atoms with Crippen LogP contribution in [-0.4, -0.2) is 47.7 Å². The maximum Gasteiger partial charge on any atom is 0.416 e. The molecule has 0 bridgehead atoms. The highest BCUT2D eigenvalue weighted by Crippen LogP contribution is 2.30. The molecular formula is C20H21F3N6O3S. The summed E-state index contributed by atoms with van der Waals surface area (Å²) in [6.07, 6.45) is -0.444. The fourth-order valence-corrected chi connectivity index (χ4v) is 4.18. The number of carbonyl (C=O) groups excluding carboxylic acids is 1. The van der Waals surface area contributed by atoms with Gasteiger partial charge in [0.2, 0.25) is 0 Å². The van der Waals surface area contributed by atoms with Crippen LogP contribution in [0.4, 0.5) is 13.2 Å². The first-order valence-corrected chi connectivity index (χ1v) is 11.7. The van der Waals surface area contributed by atoms with Gasteiger partial charge in [0.15, 0.2) is 0 Å². The Bertz CT molecular complexity index is 1340. The number of amides is 1. The average Bonchev–Trinajstić information content (AvgIpc) is 3.12. The number of alkyl halides is 3. The van der Waals surface area contributed by atoms with Gasteiger partial charge in [-0.2, -0.15) is 28.1 Å². The number of hydrogen-bond acceptors (Lipinski definition) is 6. The summed E-state index contributed by atoms with van der Waals surface area (Å²) in [5.41, 5.74) is -1.34. The van der Waals surface area contributed by atoms with Gasteiger partial charge in [-0.05, 0) is 25.1 Å². The van der Waals surface area contributed by atoms with Gasteiger partial charge in [-0.3, -0.25) is 23.3 Å². The van der Waals surface area contributed by atoms with Crippen LogP contribution in [0.5, 0.6) is 0 Å². The lowest BCUT2D eigenvalue weighted by atomic mass is 10.1. The van der Waals surface area contributed by atoms with Crippen LogP contribution in [0, 0.1) is 4.78 Å². The molecule has 3 rings (SSSR count). The Hall–Kier alpha value is -3.48. The van der Waals surface area contributed by atoms with E-state index in [4.69, 9.17) is 4.78 Å². The van der Waals surface area contributed by atoms with Gasteiger partial charge in [-0.1, -0.05) is 12.1 Å². The molecule has 2 N–H and O–H groups in total. The van der Waals surface area contributed by atoms with E-state index >= 15 is 0 Å². The molecule has 1 amide bonds. The fraction of sp³-hybridized carbons (Fsp3) is 0.300. The number of hydrogen-bond donors (Lipinski definition) is 2. The highest BCUT2D eigenvalue weighted by atomic mass is 32.2. The van der Waals surface area contributed by atoms with Gasteiger partial charge in [0.1, 0.15) is 11.3 Å². The minimum Gasteiger partial charge on any atom is -0.348 e. The van der Waals surface area contributed by atoms with E-state index in [0.717, 1.165) is 16.8 Å². The summed E-state index contributed by atoms with van der Waals surface area (Å²) >= 11 is 0. The van der Waals surface area contributed by atoms with Crippen LogP contribution in [0.1, 0.15) is 22.8 Å². The third kappa shape index (κ3) is 5.86. The van der Waals surface area contributed by atoms with Crippen LogP contribution >= 0.6 is 0 Å². The molecule has 1 aromatic carbocycles. The maximum absolute atomic E-state index is 13.0. The van der Waals surface area contributed by atoms with E-state index in [1.165, 1.54) is 41.5 Å². The molecular weight excluding hydrogens is 461 g/mol. The van der Waals surface area contributed by atoms with Crippen molar-refractivity contribution in [3.05, 3.63) is 64.2 Å². The molecule has 2 atom stereocenters. The van der Waals surface area contributed by atoms with Crippen molar-refractivity contribution in [2.45, 2.75) is 19.1 Å². The van der Waals surface area contributed by atoms with Gasteiger partial charge in [0.25, 0.3) is 11.5 Å². The van der Waals surface area contributed by atoms with Crippen LogP contribution < -0.4 is 10.9 Å². The van der Waals surface area contributed by atoms with Crippen molar-refractivity contribution >= 4 is 15.6 Å². The molecule has 0 spiro atoms. The molecule has 0 radical (unpaired) electrons. The van der Waals surface area contributed by atoms with E-state index in [1.54, 1.807) is 14.0 Å². The second-order valence-electron chi connectivity index (χ2n) is 7.65. The molecule has 0 fully saturated rings. The predicted molar refractivity (Wildman–Crippen MR) is 116 cm³/mol. The minimum atomic E-state index is -4.52. The van der Waals surface area contributed by atoms with E-state index in [-0.39, 0.29) is 28.3 Å². The third-order valence-corrected chi connectivity index (χ3v) is 5.68. The Balaban J connectivity index is 2.09. The molecule has 176 valence electrons. The van der Waals surface area contributed by atoms with E-state index in [0.29, 0.717) is 0 Å². The van der Waals surface area contributed by atoms with Crippen LogP contribution in [-0.2, 0) is 23.0 Å². The molecule has 2 aromatic heterocycles. The first kappa shape index (κ1) is 24.2. The second kappa shape index (κ2) is 8.81. The average molecular weight is 482 g/mol. The van der Waals surface area contributed by atoms with Gasteiger partial charge in [-0.25, -0.2) is 0 Å². The summed E-state index contributed by atoms with van der Waals surface area (Å²) in [4.78, 5) is 25.9. The second-order valence-corrected chi connectivity index (χ2v) is 10.00. The first-order chi connectivity index (χ1) is 15.2. The highest BCUT2D eigenvalue weighted by Gasteiger charge is 2.30. The summed E-state index contributed by atoms with van der Waals surface area (Å²) in [5.74, 6) is -0.906. The number of benzene rings is 1. The minimum absolute atomic E-state index is 0.0877. The van der Waals surface area contributed by atoms with E-state index < -0.39 is 39.0 Å². The van der Waals surface area contributed by atoms with Crippen molar-refractivity contribution in [3.8, 4) is 16.9 Å². The number of nitrogens with zero attached hydrogens (tertiary/aromatic N) is 4. The SMILES string of the molecule is CC(CS(C)(=N)=O)NC(=O)c1cc(-c2ccc(C(F)(F)F)cc2)nn(-c2cnn(C)c2)c1=O. The summed E-state index contributed by atoms with van der Waals surface area (Å²) in [5, 5.41) is 10.7. The number of aryl methyl sites for hydroxylation is 1. The Labute approximate surface area is 187 Å². The molecule has 3 aromatic rings. The zero-order valence-corrected chi connectivity index (χ0v) is 18.7. The Morgan fingerprint density at radius 1 is 1.27 bits per heavy atom. The number of carbonyl (C=O) groups is 1. The Morgan fingerprint density at radius 2 is 1.91 bits per heavy atom. The molecule has 33 heavy (non-hydrogen) atoms.